The molecule has 2 aromatic rings. The van der Waals surface area contributed by atoms with Gasteiger partial charge in [0.15, 0.2) is 0 Å². The van der Waals surface area contributed by atoms with E-state index in [0.717, 1.165) is 31.7 Å². The molecule has 4 heteroatoms. The van der Waals surface area contributed by atoms with Crippen LogP contribution >= 0.6 is 0 Å². The molecule has 0 spiro atoms. The van der Waals surface area contributed by atoms with Gasteiger partial charge in [-0.2, -0.15) is 0 Å². The summed E-state index contributed by atoms with van der Waals surface area (Å²) < 4.78 is 0. The van der Waals surface area contributed by atoms with Crippen LogP contribution in [0.15, 0.2) is 54.9 Å². The lowest BCUT2D eigenvalue weighted by Gasteiger charge is -2.38. The third-order valence-electron chi connectivity index (χ3n) is 4.74. The minimum atomic E-state index is -0.404. The van der Waals surface area contributed by atoms with Crippen LogP contribution in [-0.4, -0.2) is 52.6 Å². The van der Waals surface area contributed by atoms with E-state index in [2.05, 4.69) is 27.8 Å². The third-order valence-corrected chi connectivity index (χ3v) is 4.74. The Kier molecular flexibility index (Phi) is 5.39. The number of β-amino-alcohol motifs (C(OH)–C–C–N with tert-alkyl or cyclic N) is 1. The van der Waals surface area contributed by atoms with Crippen molar-refractivity contribution in [2.45, 2.75) is 19.1 Å². The molecule has 0 radical (unpaired) electrons. The molecule has 0 amide bonds. The van der Waals surface area contributed by atoms with Gasteiger partial charge in [0, 0.05) is 51.2 Å². The van der Waals surface area contributed by atoms with E-state index in [9.17, 15) is 5.11 Å². The van der Waals surface area contributed by atoms with E-state index < -0.39 is 6.10 Å². The molecular weight excluding hydrogens is 286 g/mol. The molecule has 3 rings (SSSR count). The molecule has 2 heterocycles. The van der Waals surface area contributed by atoms with E-state index >= 15 is 0 Å². The summed E-state index contributed by atoms with van der Waals surface area (Å²) in [5.41, 5.74) is 2.27. The highest BCUT2D eigenvalue weighted by molar-refractivity contribution is 5.17. The summed E-state index contributed by atoms with van der Waals surface area (Å²) in [6, 6.07) is 14.5. The maximum absolute atomic E-state index is 10.4. The Morgan fingerprint density at radius 3 is 2.35 bits per heavy atom. The first-order valence-corrected chi connectivity index (χ1v) is 8.33. The van der Waals surface area contributed by atoms with Crippen LogP contribution in [0.1, 0.15) is 30.2 Å². The van der Waals surface area contributed by atoms with Crippen molar-refractivity contribution in [3.63, 3.8) is 0 Å². The molecule has 1 saturated heterocycles. The first-order chi connectivity index (χ1) is 11.2. The van der Waals surface area contributed by atoms with Gasteiger partial charge in [0.2, 0.25) is 0 Å². The number of aliphatic hydroxyl groups excluding tert-OH is 1. The average molecular weight is 311 g/mol. The van der Waals surface area contributed by atoms with Crippen molar-refractivity contribution in [2.24, 2.45) is 0 Å². The minimum Gasteiger partial charge on any atom is -0.387 e. The predicted octanol–water partition coefficient (Wildman–Crippen LogP) is 2.49. The Morgan fingerprint density at radius 1 is 1.00 bits per heavy atom. The monoisotopic (exact) mass is 311 g/mol. The van der Waals surface area contributed by atoms with E-state index in [4.69, 9.17) is 0 Å². The Hall–Kier alpha value is -1.75. The standard InChI is InChI=1S/C19H25N3O/c1-16(18-8-5-9-20-14-18)22-12-10-21(11-13-22)15-19(23)17-6-3-2-4-7-17/h2-9,14,16,19,23H,10-13,15H2,1H3/t16-,19+/m1/s1. The van der Waals surface area contributed by atoms with Gasteiger partial charge < -0.3 is 5.11 Å². The number of nitrogens with zero attached hydrogens (tertiary/aromatic N) is 3. The van der Waals surface area contributed by atoms with Gasteiger partial charge in [0.05, 0.1) is 6.10 Å². The molecule has 0 unspecified atom stereocenters. The number of rotatable bonds is 5. The van der Waals surface area contributed by atoms with Gasteiger partial charge in [0.1, 0.15) is 0 Å². The van der Waals surface area contributed by atoms with Crippen LogP contribution in [0.4, 0.5) is 0 Å². The number of benzene rings is 1. The molecule has 122 valence electrons. The SMILES string of the molecule is C[C@H](c1cccnc1)N1CCN(C[C@H](O)c2ccccc2)CC1. The van der Waals surface area contributed by atoms with E-state index in [1.54, 1.807) is 0 Å². The molecule has 2 atom stereocenters. The molecule has 0 bridgehead atoms. The molecule has 0 aliphatic carbocycles. The van der Waals surface area contributed by atoms with Gasteiger partial charge in [0.25, 0.3) is 0 Å². The van der Waals surface area contributed by atoms with Crippen LogP contribution in [0.2, 0.25) is 0 Å². The maximum Gasteiger partial charge on any atom is 0.0916 e. The Labute approximate surface area is 138 Å². The van der Waals surface area contributed by atoms with Gasteiger partial charge in [-0.25, -0.2) is 0 Å². The van der Waals surface area contributed by atoms with Crippen molar-refractivity contribution in [3.8, 4) is 0 Å². The number of pyridine rings is 1. The minimum absolute atomic E-state index is 0.393. The fourth-order valence-corrected chi connectivity index (χ4v) is 3.19. The second-order valence-electron chi connectivity index (χ2n) is 6.23. The van der Waals surface area contributed by atoms with Crippen molar-refractivity contribution in [3.05, 3.63) is 66.0 Å². The summed E-state index contributed by atoms with van der Waals surface area (Å²) in [5, 5.41) is 10.4. The maximum atomic E-state index is 10.4. The molecule has 1 aliphatic heterocycles. The summed E-state index contributed by atoms with van der Waals surface area (Å²) in [4.78, 5) is 9.06. The fourth-order valence-electron chi connectivity index (χ4n) is 3.19. The lowest BCUT2D eigenvalue weighted by atomic mass is 10.1. The van der Waals surface area contributed by atoms with Crippen LogP contribution < -0.4 is 0 Å². The van der Waals surface area contributed by atoms with Crippen LogP contribution in [0.5, 0.6) is 0 Å². The van der Waals surface area contributed by atoms with Crippen LogP contribution in [-0.2, 0) is 0 Å². The van der Waals surface area contributed by atoms with E-state index in [0.29, 0.717) is 12.6 Å². The average Bonchev–Trinajstić information content (AvgIpc) is 2.63. The lowest BCUT2D eigenvalue weighted by Crippen LogP contribution is -2.48. The van der Waals surface area contributed by atoms with Crippen LogP contribution in [0.25, 0.3) is 0 Å². The molecule has 1 aromatic heterocycles. The van der Waals surface area contributed by atoms with Crippen molar-refractivity contribution >= 4 is 0 Å². The summed E-state index contributed by atoms with van der Waals surface area (Å²) in [6.07, 6.45) is 3.37. The Morgan fingerprint density at radius 2 is 1.70 bits per heavy atom. The molecule has 4 nitrogen and oxygen atoms in total. The Bertz CT molecular complexity index is 582. The van der Waals surface area contributed by atoms with Gasteiger partial charge in [-0.05, 0) is 24.1 Å². The first-order valence-electron chi connectivity index (χ1n) is 8.33. The predicted molar refractivity (Wildman–Crippen MR) is 92.1 cm³/mol. The summed E-state index contributed by atoms with van der Waals surface area (Å²) in [6.45, 7) is 6.99. The van der Waals surface area contributed by atoms with Crippen LogP contribution in [0, 0.1) is 0 Å². The summed E-state index contributed by atoms with van der Waals surface area (Å²) >= 11 is 0. The van der Waals surface area contributed by atoms with Crippen LogP contribution in [0.3, 0.4) is 0 Å². The van der Waals surface area contributed by atoms with Crippen molar-refractivity contribution in [1.82, 2.24) is 14.8 Å². The summed E-state index contributed by atoms with van der Waals surface area (Å²) in [5.74, 6) is 0. The van der Waals surface area contributed by atoms with Crippen molar-refractivity contribution < 1.29 is 5.11 Å². The fraction of sp³-hybridized carbons (Fsp3) is 0.421. The Balaban J connectivity index is 1.51. The molecule has 1 fully saturated rings. The molecular formula is C19H25N3O. The highest BCUT2D eigenvalue weighted by Crippen LogP contribution is 2.21. The number of piperazine rings is 1. The first kappa shape index (κ1) is 16.1. The number of hydrogen-bond donors (Lipinski definition) is 1. The number of aliphatic hydroxyl groups is 1. The zero-order valence-corrected chi connectivity index (χ0v) is 13.7. The zero-order valence-electron chi connectivity index (χ0n) is 13.7. The molecule has 0 saturated carbocycles. The van der Waals surface area contributed by atoms with Gasteiger partial charge in [-0.3, -0.25) is 14.8 Å². The van der Waals surface area contributed by atoms with E-state index in [1.807, 2.05) is 48.8 Å². The number of hydrogen-bond acceptors (Lipinski definition) is 4. The van der Waals surface area contributed by atoms with Crippen molar-refractivity contribution in [1.29, 1.82) is 0 Å². The lowest BCUT2D eigenvalue weighted by molar-refractivity contribution is 0.0589. The number of aromatic nitrogens is 1. The van der Waals surface area contributed by atoms with Gasteiger partial charge >= 0.3 is 0 Å². The highest BCUT2D eigenvalue weighted by atomic mass is 16.3. The smallest absolute Gasteiger partial charge is 0.0916 e. The van der Waals surface area contributed by atoms with Crippen molar-refractivity contribution in [2.75, 3.05) is 32.7 Å². The second kappa shape index (κ2) is 7.68. The summed E-state index contributed by atoms with van der Waals surface area (Å²) in [7, 11) is 0. The van der Waals surface area contributed by atoms with Gasteiger partial charge in [-0.15, -0.1) is 0 Å². The molecule has 1 aromatic carbocycles. The third kappa shape index (κ3) is 4.16. The molecule has 23 heavy (non-hydrogen) atoms. The van der Waals surface area contributed by atoms with E-state index in [1.165, 1.54) is 5.56 Å². The quantitative estimate of drug-likeness (QED) is 0.921. The second-order valence-corrected chi connectivity index (χ2v) is 6.23. The molecule has 1 aliphatic rings. The largest absolute Gasteiger partial charge is 0.387 e. The topological polar surface area (TPSA) is 39.6 Å². The normalized spacial score (nSPS) is 19.4. The highest BCUT2D eigenvalue weighted by Gasteiger charge is 2.23. The van der Waals surface area contributed by atoms with E-state index in [-0.39, 0.29) is 0 Å². The zero-order chi connectivity index (χ0) is 16.1. The van der Waals surface area contributed by atoms with Gasteiger partial charge in [-0.1, -0.05) is 36.4 Å². The molecule has 1 N–H and O–H groups in total.